The van der Waals surface area contributed by atoms with Crippen LogP contribution in [-0.4, -0.2) is 41.4 Å². The maximum absolute atomic E-state index is 12.5. The minimum Gasteiger partial charge on any atom is -0.466 e. The van der Waals surface area contributed by atoms with Gasteiger partial charge in [-0.25, -0.2) is 0 Å². The molecule has 1 aliphatic heterocycles. The zero-order valence-electron chi connectivity index (χ0n) is 19.0. The molecule has 0 aliphatic carbocycles. The fourth-order valence-electron chi connectivity index (χ4n) is 3.72. The van der Waals surface area contributed by atoms with E-state index in [1.807, 2.05) is 24.3 Å². The number of carbonyl (C=O) groups is 2. The monoisotopic (exact) mass is 468 g/mol. The fourth-order valence-corrected chi connectivity index (χ4v) is 4.90. The van der Waals surface area contributed by atoms with Gasteiger partial charge < -0.3 is 9.64 Å². The van der Waals surface area contributed by atoms with E-state index in [0.29, 0.717) is 42.5 Å². The molecule has 1 amide bonds. The van der Waals surface area contributed by atoms with Crippen LogP contribution in [0.4, 0.5) is 5.69 Å². The molecule has 1 aliphatic rings. The minimum atomic E-state index is -0.399. The summed E-state index contributed by atoms with van der Waals surface area (Å²) >= 11 is 1.37. The quantitative estimate of drug-likeness (QED) is 0.226. The van der Waals surface area contributed by atoms with E-state index in [1.54, 1.807) is 30.0 Å². The first-order chi connectivity index (χ1) is 15.8. The smallest absolute Gasteiger partial charge is 0.310 e. The molecule has 0 saturated carbocycles. The molecule has 2 aromatic rings. The summed E-state index contributed by atoms with van der Waals surface area (Å²) in [6.45, 7) is 7.07. The second-order valence-corrected chi connectivity index (χ2v) is 9.22. The Kier molecular flexibility index (Phi) is 8.27. The van der Waals surface area contributed by atoms with Crippen molar-refractivity contribution >= 4 is 35.4 Å². The lowest BCUT2D eigenvalue weighted by atomic mass is 10.0. The Bertz CT molecular complexity index is 1070. The number of hydrogen-bond donors (Lipinski definition) is 0. The van der Waals surface area contributed by atoms with E-state index in [0.717, 1.165) is 10.5 Å². The van der Waals surface area contributed by atoms with Crippen LogP contribution in [0.1, 0.15) is 44.2 Å². The molecule has 0 N–H and O–H groups in total. The van der Waals surface area contributed by atoms with Gasteiger partial charge in [0.15, 0.2) is 0 Å². The van der Waals surface area contributed by atoms with Gasteiger partial charge in [0.1, 0.15) is 0 Å². The van der Waals surface area contributed by atoms with Crippen LogP contribution < -0.4 is 0 Å². The number of benzene rings is 2. The first-order valence-corrected chi connectivity index (χ1v) is 11.8. The lowest BCUT2D eigenvalue weighted by Gasteiger charge is -2.14. The molecule has 8 heteroatoms. The van der Waals surface area contributed by atoms with E-state index < -0.39 is 4.92 Å². The summed E-state index contributed by atoms with van der Waals surface area (Å²) in [5.41, 5.74) is 1.70. The van der Waals surface area contributed by atoms with Gasteiger partial charge in [0.25, 0.3) is 5.69 Å². The molecule has 0 bridgehead atoms. The molecule has 1 fully saturated rings. The van der Waals surface area contributed by atoms with Crippen molar-refractivity contribution in [3.8, 4) is 0 Å². The number of ether oxygens (including phenoxy) is 1. The lowest BCUT2D eigenvalue weighted by molar-refractivity contribution is -0.387. The zero-order chi connectivity index (χ0) is 24.0. The predicted octanol–water partition coefficient (Wildman–Crippen LogP) is 5.29. The molecule has 0 radical (unpaired) electrons. The van der Waals surface area contributed by atoms with Gasteiger partial charge in [0, 0.05) is 30.1 Å². The van der Waals surface area contributed by atoms with Gasteiger partial charge >= 0.3 is 5.97 Å². The average molecular weight is 469 g/mol. The summed E-state index contributed by atoms with van der Waals surface area (Å²) in [4.78, 5) is 38.9. The number of rotatable bonds is 8. The van der Waals surface area contributed by atoms with Crippen molar-refractivity contribution in [1.29, 1.82) is 0 Å². The van der Waals surface area contributed by atoms with E-state index in [1.165, 1.54) is 23.9 Å². The number of nitrogens with zero attached hydrogens (tertiary/aromatic N) is 2. The molecule has 7 nitrogen and oxygen atoms in total. The van der Waals surface area contributed by atoms with Crippen LogP contribution in [0.25, 0.3) is 6.08 Å². The largest absolute Gasteiger partial charge is 0.466 e. The van der Waals surface area contributed by atoms with Crippen molar-refractivity contribution in [2.45, 2.75) is 42.9 Å². The molecule has 3 rings (SSSR count). The Morgan fingerprint density at radius 2 is 2.00 bits per heavy atom. The number of carbonyl (C=O) groups excluding carboxylic acids is 2. The van der Waals surface area contributed by atoms with Crippen LogP contribution in [0.2, 0.25) is 0 Å². The Labute approximate surface area is 198 Å². The molecule has 1 heterocycles. The molecule has 0 aromatic heterocycles. The fraction of sp³-hybridized carbons (Fsp3) is 0.360. The first kappa shape index (κ1) is 24.5. The highest BCUT2D eigenvalue weighted by Gasteiger charge is 2.31. The van der Waals surface area contributed by atoms with Crippen molar-refractivity contribution in [1.82, 2.24) is 4.90 Å². The highest BCUT2D eigenvalue weighted by molar-refractivity contribution is 7.99. The maximum atomic E-state index is 12.5. The SMILES string of the molecule is CCOC(=O)C1CCN(C(=O)/C=C/c2ccc(Sc3ccccc3C(C)C)c([N+](=O)[O-])c2)C1. The Morgan fingerprint density at radius 3 is 2.70 bits per heavy atom. The minimum absolute atomic E-state index is 0.00305. The van der Waals surface area contributed by atoms with Crippen molar-refractivity contribution in [3.05, 3.63) is 69.8 Å². The Hall–Kier alpha value is -3.13. The van der Waals surface area contributed by atoms with Gasteiger partial charge in [-0.05, 0) is 48.6 Å². The van der Waals surface area contributed by atoms with E-state index in [9.17, 15) is 19.7 Å². The molecule has 2 aromatic carbocycles. The second-order valence-electron chi connectivity index (χ2n) is 8.13. The molecule has 1 atom stereocenters. The van der Waals surface area contributed by atoms with Crippen LogP contribution in [0, 0.1) is 16.0 Å². The molecule has 1 unspecified atom stereocenters. The van der Waals surface area contributed by atoms with Gasteiger partial charge in [-0.3, -0.25) is 19.7 Å². The molecule has 174 valence electrons. The zero-order valence-corrected chi connectivity index (χ0v) is 19.8. The molecule has 0 spiro atoms. The average Bonchev–Trinajstić information content (AvgIpc) is 3.29. The number of likely N-dealkylation sites (tertiary alicyclic amines) is 1. The van der Waals surface area contributed by atoms with Crippen molar-refractivity contribution < 1.29 is 19.2 Å². The number of amides is 1. The van der Waals surface area contributed by atoms with Crippen LogP contribution in [0.5, 0.6) is 0 Å². The van der Waals surface area contributed by atoms with E-state index in [4.69, 9.17) is 4.74 Å². The van der Waals surface area contributed by atoms with Crippen LogP contribution in [0.3, 0.4) is 0 Å². The van der Waals surface area contributed by atoms with Crippen molar-refractivity contribution in [2.24, 2.45) is 5.92 Å². The molecule has 1 saturated heterocycles. The van der Waals surface area contributed by atoms with E-state index in [-0.39, 0.29) is 23.5 Å². The maximum Gasteiger partial charge on any atom is 0.310 e. The highest BCUT2D eigenvalue weighted by atomic mass is 32.2. The summed E-state index contributed by atoms with van der Waals surface area (Å²) in [5.74, 6) is -0.503. The van der Waals surface area contributed by atoms with Crippen LogP contribution >= 0.6 is 11.8 Å². The molecular weight excluding hydrogens is 440 g/mol. The Balaban J connectivity index is 1.73. The first-order valence-electron chi connectivity index (χ1n) is 11.0. The lowest BCUT2D eigenvalue weighted by Crippen LogP contribution is -2.28. The topological polar surface area (TPSA) is 89.8 Å². The van der Waals surface area contributed by atoms with Crippen molar-refractivity contribution in [3.63, 3.8) is 0 Å². The van der Waals surface area contributed by atoms with Gasteiger partial charge in [0.2, 0.25) is 5.91 Å². The summed E-state index contributed by atoms with van der Waals surface area (Å²) in [7, 11) is 0. The van der Waals surface area contributed by atoms with Gasteiger partial charge in [-0.1, -0.05) is 49.9 Å². The van der Waals surface area contributed by atoms with Gasteiger partial charge in [0.05, 0.1) is 22.3 Å². The van der Waals surface area contributed by atoms with Gasteiger partial charge in [-0.15, -0.1) is 0 Å². The second kappa shape index (κ2) is 11.1. The Morgan fingerprint density at radius 1 is 1.24 bits per heavy atom. The van der Waals surface area contributed by atoms with Crippen LogP contribution in [0.15, 0.2) is 58.3 Å². The van der Waals surface area contributed by atoms with Gasteiger partial charge in [-0.2, -0.15) is 0 Å². The third kappa shape index (κ3) is 6.22. The van der Waals surface area contributed by atoms with E-state index >= 15 is 0 Å². The normalized spacial score (nSPS) is 15.9. The molecule has 33 heavy (non-hydrogen) atoms. The number of nitro groups is 1. The van der Waals surface area contributed by atoms with Crippen LogP contribution in [-0.2, 0) is 14.3 Å². The number of esters is 1. The summed E-state index contributed by atoms with van der Waals surface area (Å²) in [5, 5.41) is 11.7. The summed E-state index contributed by atoms with van der Waals surface area (Å²) in [6, 6.07) is 12.9. The predicted molar refractivity (Wildman–Crippen MR) is 128 cm³/mol. The number of nitro benzene ring substituents is 1. The summed E-state index contributed by atoms with van der Waals surface area (Å²) in [6.07, 6.45) is 3.55. The third-order valence-corrected chi connectivity index (χ3v) is 6.64. The van der Waals surface area contributed by atoms with Crippen molar-refractivity contribution in [2.75, 3.05) is 19.7 Å². The number of hydrogen-bond acceptors (Lipinski definition) is 6. The third-order valence-electron chi connectivity index (χ3n) is 5.48. The van der Waals surface area contributed by atoms with E-state index in [2.05, 4.69) is 13.8 Å². The summed E-state index contributed by atoms with van der Waals surface area (Å²) < 4.78 is 5.03. The highest BCUT2D eigenvalue weighted by Crippen LogP contribution is 2.39. The standard InChI is InChI=1S/C25H28N2O5S/c1-4-32-25(29)19-13-14-26(16-19)24(28)12-10-18-9-11-23(21(15-18)27(30)31)33-22-8-6-5-7-20(22)17(2)3/h5-12,15,17,19H,4,13-14,16H2,1-3H3/b12-10+. The molecular formula is C25H28N2O5S.